The molecule has 4 rings (SSSR count). The van der Waals surface area contributed by atoms with Gasteiger partial charge in [0, 0.05) is 41.6 Å². The van der Waals surface area contributed by atoms with Gasteiger partial charge in [-0.2, -0.15) is 4.98 Å². The zero-order valence-corrected chi connectivity index (χ0v) is 16.5. The van der Waals surface area contributed by atoms with Gasteiger partial charge < -0.3 is 10.6 Å². The van der Waals surface area contributed by atoms with E-state index < -0.39 is 0 Å². The maximum absolute atomic E-state index is 5.98. The van der Waals surface area contributed by atoms with Crippen molar-refractivity contribution in [3.05, 3.63) is 65.4 Å². The Kier molecular flexibility index (Phi) is 6.02. The zero-order chi connectivity index (χ0) is 19.2. The highest BCUT2D eigenvalue weighted by molar-refractivity contribution is 6.30. The highest BCUT2D eigenvalue weighted by atomic mass is 35.5. The van der Waals surface area contributed by atoms with Crippen molar-refractivity contribution in [3.8, 4) is 11.3 Å². The third-order valence-electron chi connectivity index (χ3n) is 5.03. The number of aromatic nitrogens is 3. The van der Waals surface area contributed by atoms with Crippen LogP contribution < -0.4 is 10.6 Å². The number of rotatable bonds is 6. The molecule has 0 bridgehead atoms. The normalized spacial score (nSPS) is 14.6. The van der Waals surface area contributed by atoms with Crippen molar-refractivity contribution >= 4 is 23.4 Å². The Morgan fingerprint density at radius 1 is 0.929 bits per heavy atom. The Hall–Kier alpha value is -2.66. The Morgan fingerprint density at radius 3 is 2.43 bits per heavy atom. The molecule has 0 atom stereocenters. The summed E-state index contributed by atoms with van der Waals surface area (Å²) in [5, 5.41) is 7.70. The zero-order valence-electron chi connectivity index (χ0n) is 15.7. The second-order valence-corrected chi connectivity index (χ2v) is 7.59. The van der Waals surface area contributed by atoms with E-state index in [1.807, 2.05) is 42.5 Å². The van der Waals surface area contributed by atoms with E-state index in [4.69, 9.17) is 21.6 Å². The van der Waals surface area contributed by atoms with Crippen LogP contribution in [0.15, 0.2) is 54.9 Å². The van der Waals surface area contributed by atoms with Gasteiger partial charge in [0.25, 0.3) is 0 Å². The monoisotopic (exact) mass is 393 g/mol. The molecular formula is C22H24ClN5. The standard InChI is InChI=1S/C22H24ClN5/c23-18-8-6-16(7-9-18)15-25-21-14-20(17-10-12-24-13-11-17)27-22(28-21)26-19-4-2-1-3-5-19/h6-14,19H,1-5,15H2,(H2,25,26,27,28). The van der Waals surface area contributed by atoms with Gasteiger partial charge in [-0.15, -0.1) is 0 Å². The van der Waals surface area contributed by atoms with Gasteiger partial charge >= 0.3 is 0 Å². The van der Waals surface area contributed by atoms with Gasteiger partial charge in [-0.3, -0.25) is 4.98 Å². The largest absolute Gasteiger partial charge is 0.366 e. The van der Waals surface area contributed by atoms with Crippen molar-refractivity contribution in [1.82, 2.24) is 15.0 Å². The first kappa shape index (κ1) is 18.7. The highest BCUT2D eigenvalue weighted by Gasteiger charge is 2.15. The molecule has 5 nitrogen and oxygen atoms in total. The van der Waals surface area contributed by atoms with Crippen LogP contribution in [0.3, 0.4) is 0 Å². The van der Waals surface area contributed by atoms with Gasteiger partial charge in [-0.05, 0) is 42.7 Å². The van der Waals surface area contributed by atoms with E-state index in [9.17, 15) is 0 Å². The Labute approximate surface area is 170 Å². The molecular weight excluding hydrogens is 370 g/mol. The minimum absolute atomic E-state index is 0.450. The first-order valence-electron chi connectivity index (χ1n) is 9.80. The molecule has 1 saturated carbocycles. The molecule has 0 unspecified atom stereocenters. The molecule has 3 aromatic rings. The minimum Gasteiger partial charge on any atom is -0.366 e. The fraction of sp³-hybridized carbons (Fsp3) is 0.318. The SMILES string of the molecule is Clc1ccc(CNc2cc(-c3ccncc3)nc(NC3CCCCC3)n2)cc1. The summed E-state index contributed by atoms with van der Waals surface area (Å²) in [5.41, 5.74) is 3.06. The smallest absolute Gasteiger partial charge is 0.225 e. The van der Waals surface area contributed by atoms with Gasteiger partial charge in [-0.25, -0.2) is 4.98 Å². The van der Waals surface area contributed by atoms with Crippen LogP contribution in [0.1, 0.15) is 37.7 Å². The number of hydrogen-bond acceptors (Lipinski definition) is 5. The third-order valence-corrected chi connectivity index (χ3v) is 5.28. The average Bonchev–Trinajstić information content (AvgIpc) is 2.75. The van der Waals surface area contributed by atoms with E-state index in [2.05, 4.69) is 15.6 Å². The van der Waals surface area contributed by atoms with Crippen molar-refractivity contribution in [1.29, 1.82) is 0 Å². The van der Waals surface area contributed by atoms with Crippen molar-refractivity contribution in [2.75, 3.05) is 10.6 Å². The van der Waals surface area contributed by atoms with E-state index in [0.29, 0.717) is 18.5 Å². The van der Waals surface area contributed by atoms with E-state index in [1.54, 1.807) is 12.4 Å². The van der Waals surface area contributed by atoms with Crippen LogP contribution in [0, 0.1) is 0 Å². The van der Waals surface area contributed by atoms with Gasteiger partial charge in [0.05, 0.1) is 5.69 Å². The topological polar surface area (TPSA) is 62.7 Å². The third kappa shape index (κ3) is 4.98. The maximum Gasteiger partial charge on any atom is 0.225 e. The second kappa shape index (κ2) is 9.02. The molecule has 144 valence electrons. The lowest BCUT2D eigenvalue weighted by Gasteiger charge is -2.23. The quantitative estimate of drug-likeness (QED) is 0.575. The van der Waals surface area contributed by atoms with Crippen molar-refractivity contribution in [2.24, 2.45) is 0 Å². The number of anilines is 2. The van der Waals surface area contributed by atoms with Crippen molar-refractivity contribution in [2.45, 2.75) is 44.7 Å². The molecule has 28 heavy (non-hydrogen) atoms. The van der Waals surface area contributed by atoms with Gasteiger partial charge in [0.15, 0.2) is 0 Å². The Morgan fingerprint density at radius 2 is 1.68 bits per heavy atom. The first-order valence-corrected chi connectivity index (χ1v) is 10.2. The van der Waals surface area contributed by atoms with Gasteiger partial charge in [0.2, 0.25) is 5.95 Å². The molecule has 0 spiro atoms. The average molecular weight is 394 g/mol. The Balaban J connectivity index is 1.56. The summed E-state index contributed by atoms with van der Waals surface area (Å²) in [5.74, 6) is 1.48. The van der Waals surface area contributed by atoms with E-state index >= 15 is 0 Å². The van der Waals surface area contributed by atoms with E-state index in [-0.39, 0.29) is 0 Å². The van der Waals surface area contributed by atoms with Crippen molar-refractivity contribution in [3.63, 3.8) is 0 Å². The fourth-order valence-electron chi connectivity index (χ4n) is 3.50. The lowest BCUT2D eigenvalue weighted by Crippen LogP contribution is -2.23. The molecule has 0 saturated heterocycles. The van der Waals surface area contributed by atoms with E-state index in [1.165, 1.54) is 32.1 Å². The predicted octanol–water partition coefficient (Wildman–Crippen LogP) is 5.55. The van der Waals surface area contributed by atoms with Crippen LogP contribution in [0.5, 0.6) is 0 Å². The fourth-order valence-corrected chi connectivity index (χ4v) is 3.62. The lowest BCUT2D eigenvalue weighted by molar-refractivity contribution is 0.461. The summed E-state index contributed by atoms with van der Waals surface area (Å²) in [6.45, 7) is 0.673. The maximum atomic E-state index is 5.98. The molecule has 1 aliphatic carbocycles. The molecule has 6 heteroatoms. The summed E-state index contributed by atoms with van der Waals surface area (Å²) < 4.78 is 0. The molecule has 0 aliphatic heterocycles. The molecule has 2 heterocycles. The van der Waals surface area contributed by atoms with Crippen LogP contribution in [0.25, 0.3) is 11.3 Å². The molecule has 2 aromatic heterocycles. The summed E-state index contributed by atoms with van der Waals surface area (Å²) >= 11 is 5.98. The van der Waals surface area contributed by atoms with Crippen LogP contribution in [0.4, 0.5) is 11.8 Å². The lowest BCUT2D eigenvalue weighted by atomic mass is 9.96. The van der Waals surface area contributed by atoms with Crippen LogP contribution in [0.2, 0.25) is 5.02 Å². The van der Waals surface area contributed by atoms with E-state index in [0.717, 1.165) is 27.7 Å². The number of halogens is 1. The van der Waals surface area contributed by atoms with Crippen LogP contribution in [-0.4, -0.2) is 21.0 Å². The number of nitrogens with zero attached hydrogens (tertiary/aromatic N) is 3. The number of hydrogen-bond donors (Lipinski definition) is 2. The summed E-state index contributed by atoms with van der Waals surface area (Å²) in [4.78, 5) is 13.6. The number of pyridine rings is 1. The first-order chi connectivity index (χ1) is 13.8. The second-order valence-electron chi connectivity index (χ2n) is 7.16. The summed E-state index contributed by atoms with van der Waals surface area (Å²) in [6, 6.07) is 14.2. The molecule has 1 aliphatic rings. The van der Waals surface area contributed by atoms with Crippen LogP contribution >= 0.6 is 11.6 Å². The summed E-state index contributed by atoms with van der Waals surface area (Å²) in [7, 11) is 0. The molecule has 2 N–H and O–H groups in total. The van der Waals surface area contributed by atoms with Crippen LogP contribution in [-0.2, 0) is 6.54 Å². The molecule has 0 amide bonds. The molecule has 0 radical (unpaired) electrons. The predicted molar refractivity (Wildman–Crippen MR) is 115 cm³/mol. The minimum atomic E-state index is 0.450. The highest BCUT2D eigenvalue weighted by Crippen LogP contribution is 2.24. The van der Waals surface area contributed by atoms with Gasteiger partial charge in [0.1, 0.15) is 5.82 Å². The molecule has 1 fully saturated rings. The Bertz CT molecular complexity index is 893. The molecule has 1 aromatic carbocycles. The number of benzene rings is 1. The summed E-state index contributed by atoms with van der Waals surface area (Å²) in [6.07, 6.45) is 9.78. The number of nitrogens with one attached hydrogen (secondary N) is 2. The van der Waals surface area contributed by atoms with Gasteiger partial charge in [-0.1, -0.05) is 43.0 Å². The van der Waals surface area contributed by atoms with Crippen molar-refractivity contribution < 1.29 is 0 Å².